The van der Waals surface area contributed by atoms with Crippen molar-refractivity contribution in [3.63, 3.8) is 0 Å². The number of halogens is 2. The van der Waals surface area contributed by atoms with Gasteiger partial charge in [-0.15, -0.1) is 10.2 Å². The first-order valence-electron chi connectivity index (χ1n) is 13.0. The average molecular weight is 615 g/mol. The molecule has 0 saturated heterocycles. The summed E-state index contributed by atoms with van der Waals surface area (Å²) in [6.07, 6.45) is 8.45. The van der Waals surface area contributed by atoms with Crippen LogP contribution in [-0.4, -0.2) is 54.4 Å². The fourth-order valence-electron chi connectivity index (χ4n) is 4.31. The van der Waals surface area contributed by atoms with Crippen molar-refractivity contribution >= 4 is 41.2 Å². The molecule has 0 saturated carbocycles. The Labute approximate surface area is 256 Å². The molecule has 43 heavy (non-hydrogen) atoms. The van der Waals surface area contributed by atoms with E-state index in [2.05, 4.69) is 36.0 Å². The van der Waals surface area contributed by atoms with Crippen LogP contribution < -0.4 is 5.32 Å². The number of carbonyl (C=O) groups is 2. The van der Waals surface area contributed by atoms with Gasteiger partial charge in [0.15, 0.2) is 5.15 Å². The molecule has 1 amide bonds. The van der Waals surface area contributed by atoms with Crippen molar-refractivity contribution in [2.75, 3.05) is 7.11 Å². The molecule has 5 rings (SSSR count). The van der Waals surface area contributed by atoms with Crippen LogP contribution >= 0.6 is 23.2 Å². The number of nitrogens with one attached hydrogen (secondary N) is 1. The fourth-order valence-corrected chi connectivity index (χ4v) is 4.70. The van der Waals surface area contributed by atoms with Crippen LogP contribution in [0.15, 0.2) is 85.5 Å². The number of methoxy groups -OCH3 is 1. The van der Waals surface area contributed by atoms with Gasteiger partial charge in [0.05, 0.1) is 31.0 Å². The molecule has 3 heterocycles. The molecule has 0 bridgehead atoms. The number of ether oxygens (including phenoxy) is 1. The minimum absolute atomic E-state index is 0.156. The van der Waals surface area contributed by atoms with Crippen LogP contribution in [0.5, 0.6) is 0 Å². The Bertz CT molecular complexity index is 1750. The van der Waals surface area contributed by atoms with Crippen LogP contribution in [0, 0.1) is 0 Å². The Balaban J connectivity index is 1.42. The smallest absolute Gasteiger partial charge is 0.309 e. The monoisotopic (exact) mass is 614 g/mol. The van der Waals surface area contributed by atoms with Crippen molar-refractivity contribution in [1.82, 2.24) is 40.7 Å². The van der Waals surface area contributed by atoms with Gasteiger partial charge in [-0.05, 0) is 69.9 Å². The summed E-state index contributed by atoms with van der Waals surface area (Å²) in [6, 6.07) is 17.5. The average Bonchev–Trinajstić information content (AvgIpc) is 3.56. The van der Waals surface area contributed by atoms with Crippen LogP contribution in [0.1, 0.15) is 28.4 Å². The second-order valence-corrected chi connectivity index (χ2v) is 10.1. The molecule has 0 aliphatic carbocycles. The molecule has 0 aliphatic heterocycles. The highest BCUT2D eigenvalue weighted by atomic mass is 35.5. The molecule has 2 aromatic carbocycles. The van der Waals surface area contributed by atoms with E-state index in [1.54, 1.807) is 42.7 Å². The maximum Gasteiger partial charge on any atom is 0.309 e. The number of carbonyl (C=O) groups excluding carboxylic acids is 2. The maximum absolute atomic E-state index is 13.2. The number of nitrogens with zero attached hydrogens (tertiary/aromatic N) is 7. The second-order valence-electron chi connectivity index (χ2n) is 9.34. The van der Waals surface area contributed by atoms with Gasteiger partial charge < -0.3 is 10.1 Å². The Morgan fingerprint density at radius 1 is 1.05 bits per heavy atom. The van der Waals surface area contributed by atoms with Crippen LogP contribution in [0.3, 0.4) is 0 Å². The van der Waals surface area contributed by atoms with E-state index in [9.17, 15) is 9.59 Å². The van der Waals surface area contributed by atoms with E-state index < -0.39 is 6.04 Å². The number of hydrogen-bond acceptors (Lipinski definition) is 9. The predicted octanol–water partition coefficient (Wildman–Crippen LogP) is 4.65. The zero-order chi connectivity index (χ0) is 30.2. The zero-order valence-electron chi connectivity index (χ0n) is 22.8. The molecule has 11 nitrogen and oxygen atoms in total. The topological polar surface area (TPSA) is 138 Å². The molecule has 1 N–H and O–H groups in total. The van der Waals surface area contributed by atoms with Gasteiger partial charge in [-0.2, -0.15) is 9.78 Å². The first-order valence-corrected chi connectivity index (χ1v) is 13.7. The highest BCUT2D eigenvalue weighted by Gasteiger charge is 2.19. The minimum atomic E-state index is -0.568. The van der Waals surface area contributed by atoms with Gasteiger partial charge in [0.25, 0.3) is 0 Å². The van der Waals surface area contributed by atoms with E-state index in [1.807, 2.05) is 36.4 Å². The Morgan fingerprint density at radius 3 is 2.60 bits per heavy atom. The molecule has 3 aromatic heterocycles. The number of hydrogen-bond donors (Lipinski definition) is 1. The molecular formula is C30H24Cl2N8O3. The zero-order valence-corrected chi connectivity index (χ0v) is 24.3. The van der Waals surface area contributed by atoms with Gasteiger partial charge in [-0.25, -0.2) is 0 Å². The molecule has 13 heteroatoms. The third-order valence-electron chi connectivity index (χ3n) is 6.44. The molecule has 0 spiro atoms. The van der Waals surface area contributed by atoms with E-state index in [4.69, 9.17) is 27.9 Å². The van der Waals surface area contributed by atoms with Crippen LogP contribution in [0.25, 0.3) is 22.9 Å². The quantitative estimate of drug-likeness (QED) is 0.176. The van der Waals surface area contributed by atoms with Gasteiger partial charge in [0, 0.05) is 34.6 Å². The number of benzene rings is 2. The van der Waals surface area contributed by atoms with Crippen molar-refractivity contribution in [3.05, 3.63) is 118 Å². The summed E-state index contributed by atoms with van der Waals surface area (Å²) in [5.41, 5.74) is 4.88. The summed E-state index contributed by atoms with van der Waals surface area (Å²) in [5, 5.41) is 23.5. The van der Waals surface area contributed by atoms with Crippen molar-refractivity contribution in [1.29, 1.82) is 0 Å². The maximum atomic E-state index is 13.2. The standard InChI is InChI=1S/C30H24Cl2N8O3/c1-43-29(42)14-19-4-6-21(7-5-19)24-16-26(36-37-30(24)32)25(13-20-3-2-12-33-17-20)35-28(41)11-8-22-15-23(31)9-10-27(22)40-18-34-38-39-40/h2-12,15-18,25H,13-14H2,1H3,(H,35,41)/b11-8+/t25-/m0/s1. The van der Waals surface area contributed by atoms with Crippen molar-refractivity contribution in [2.45, 2.75) is 18.9 Å². The number of esters is 1. The number of tetrazole rings is 1. The highest BCUT2D eigenvalue weighted by Crippen LogP contribution is 2.29. The van der Waals surface area contributed by atoms with E-state index in [1.165, 1.54) is 24.2 Å². The van der Waals surface area contributed by atoms with Crippen LogP contribution in [0.2, 0.25) is 10.2 Å². The molecular weight excluding hydrogens is 591 g/mol. The van der Waals surface area contributed by atoms with Crippen LogP contribution in [0.4, 0.5) is 0 Å². The summed E-state index contributed by atoms with van der Waals surface area (Å²) in [7, 11) is 1.35. The third-order valence-corrected chi connectivity index (χ3v) is 6.96. The predicted molar refractivity (Wildman–Crippen MR) is 160 cm³/mol. The van der Waals surface area contributed by atoms with Gasteiger partial charge in [-0.1, -0.05) is 53.5 Å². The highest BCUT2D eigenvalue weighted by molar-refractivity contribution is 6.32. The molecule has 216 valence electrons. The number of aromatic nitrogens is 7. The fraction of sp³-hybridized carbons (Fsp3) is 0.133. The van der Waals surface area contributed by atoms with E-state index >= 15 is 0 Å². The van der Waals surface area contributed by atoms with Crippen LogP contribution in [-0.2, 0) is 27.2 Å². The van der Waals surface area contributed by atoms with Gasteiger partial charge in [0.1, 0.15) is 6.33 Å². The van der Waals surface area contributed by atoms with Crippen molar-refractivity contribution < 1.29 is 14.3 Å². The molecule has 0 radical (unpaired) electrons. The summed E-state index contributed by atoms with van der Waals surface area (Å²) in [6.45, 7) is 0. The van der Waals surface area contributed by atoms with E-state index in [0.29, 0.717) is 34.0 Å². The van der Waals surface area contributed by atoms with Crippen molar-refractivity contribution in [3.8, 4) is 16.8 Å². The lowest BCUT2D eigenvalue weighted by Crippen LogP contribution is -2.29. The number of rotatable bonds is 10. The molecule has 0 unspecified atom stereocenters. The number of amides is 1. The summed E-state index contributed by atoms with van der Waals surface area (Å²) < 4.78 is 6.22. The van der Waals surface area contributed by atoms with Gasteiger partial charge in [-0.3, -0.25) is 14.6 Å². The summed E-state index contributed by atoms with van der Waals surface area (Å²) in [4.78, 5) is 29.1. The van der Waals surface area contributed by atoms with Gasteiger partial charge in [0.2, 0.25) is 5.91 Å². The molecule has 1 atom stereocenters. The van der Waals surface area contributed by atoms with E-state index in [0.717, 1.165) is 16.7 Å². The van der Waals surface area contributed by atoms with Gasteiger partial charge >= 0.3 is 5.97 Å². The summed E-state index contributed by atoms with van der Waals surface area (Å²) in [5.74, 6) is -0.703. The Hall–Kier alpha value is -5.00. The first kappa shape index (κ1) is 29.5. The lowest BCUT2D eigenvalue weighted by atomic mass is 10.00. The Morgan fingerprint density at radius 2 is 1.88 bits per heavy atom. The molecule has 0 aliphatic rings. The lowest BCUT2D eigenvalue weighted by molar-refractivity contribution is -0.139. The molecule has 5 aromatic rings. The summed E-state index contributed by atoms with van der Waals surface area (Å²) >= 11 is 12.7. The SMILES string of the molecule is COC(=O)Cc1ccc(-c2cc([C@H](Cc3cccnc3)NC(=O)/C=C/c3cc(Cl)ccc3-n3cnnn3)nnc2Cl)cc1. The lowest BCUT2D eigenvalue weighted by Gasteiger charge is -2.18. The normalized spacial score (nSPS) is 11.8. The number of pyridine rings is 1. The van der Waals surface area contributed by atoms with Crippen molar-refractivity contribution in [2.24, 2.45) is 0 Å². The first-order chi connectivity index (χ1) is 20.9. The Kier molecular flexibility index (Phi) is 9.45. The second kappa shape index (κ2) is 13.8. The minimum Gasteiger partial charge on any atom is -0.469 e. The van der Waals surface area contributed by atoms with E-state index in [-0.39, 0.29) is 23.5 Å². The largest absolute Gasteiger partial charge is 0.469 e. The third kappa shape index (κ3) is 7.64. The molecule has 0 fully saturated rings.